The zero-order chi connectivity index (χ0) is 33.9. The number of amides is 5. The van der Waals surface area contributed by atoms with E-state index in [1.807, 2.05) is 25.7 Å². The number of carbonyl (C=O) groups is 5. The van der Waals surface area contributed by atoms with Crippen molar-refractivity contribution in [2.24, 2.45) is 0 Å². The third kappa shape index (κ3) is 7.33. The molecular weight excluding hydrogens is 606 g/mol. The molecule has 1 unspecified atom stereocenters. The maximum absolute atomic E-state index is 13.2. The summed E-state index contributed by atoms with van der Waals surface area (Å²) in [5.41, 5.74) is 0.166. The van der Waals surface area contributed by atoms with Gasteiger partial charge in [-0.1, -0.05) is 30.0 Å². The molecule has 2 saturated heterocycles. The molecule has 13 heteroatoms. The topological polar surface area (TPSA) is 147 Å². The average molecular weight is 646 g/mol. The number of nitrogens with one attached hydrogen (secondary N) is 2. The molecule has 3 aliphatic rings. The highest BCUT2D eigenvalue weighted by Gasteiger charge is 2.48. The maximum atomic E-state index is 13.2. The molecule has 3 aliphatic heterocycles. The fourth-order valence-corrected chi connectivity index (χ4v) is 5.85. The Hall–Kier alpha value is -5.09. The highest BCUT2D eigenvalue weighted by Crippen LogP contribution is 2.29. The number of carbonyl (C=O) groups excluding carboxylic acids is 5. The van der Waals surface area contributed by atoms with Crippen molar-refractivity contribution < 1.29 is 38.2 Å². The SMILES string of the molecule is COC(=O)C(c1ccc(C#C[C@]2(CN3Cc4ccc(OC)cc4C3=O)NC(=O)NC2=O)cc1)N1CCCN(C(=O)OC(C)(C)C)CC1. The standard InChI is InChI=1S/C34H39N5O8/c1-33(2,3)47-32(44)38-16-6-15-37(17-18-38)27(29(41)46-5)23-9-7-22(8-10-23)13-14-34(30(42)35-31(43)36-34)21-39-20-24-11-12-25(45-4)19-26(24)28(39)40/h7-12,19,27H,6,15-18,20-21H2,1-5H3,(H2,35,36,42,43)/t27?,34-/m1/s1. The van der Waals surface area contributed by atoms with Crippen LogP contribution in [0.15, 0.2) is 42.5 Å². The Labute approximate surface area is 273 Å². The van der Waals surface area contributed by atoms with Crippen molar-refractivity contribution in [3.8, 4) is 17.6 Å². The number of rotatable bonds is 6. The Kier molecular flexibility index (Phi) is 9.44. The molecule has 0 spiro atoms. The number of hydrogen-bond acceptors (Lipinski definition) is 9. The van der Waals surface area contributed by atoms with Crippen LogP contribution in [0.25, 0.3) is 0 Å². The molecule has 5 rings (SSSR count). The zero-order valence-electron chi connectivity index (χ0n) is 27.2. The molecule has 2 N–H and O–H groups in total. The van der Waals surface area contributed by atoms with Gasteiger partial charge in [0.1, 0.15) is 17.4 Å². The van der Waals surface area contributed by atoms with Gasteiger partial charge in [0.25, 0.3) is 11.8 Å². The molecule has 2 aromatic carbocycles. The normalized spacial score (nSPS) is 20.3. The molecule has 5 amide bonds. The molecule has 0 bridgehead atoms. The third-order valence-electron chi connectivity index (χ3n) is 8.18. The van der Waals surface area contributed by atoms with Gasteiger partial charge in [0, 0.05) is 43.9 Å². The molecule has 248 valence electrons. The summed E-state index contributed by atoms with van der Waals surface area (Å²) in [6, 6.07) is 10.7. The van der Waals surface area contributed by atoms with Gasteiger partial charge >= 0.3 is 18.1 Å². The minimum absolute atomic E-state index is 0.162. The zero-order valence-corrected chi connectivity index (χ0v) is 27.2. The van der Waals surface area contributed by atoms with Crippen molar-refractivity contribution >= 4 is 29.9 Å². The van der Waals surface area contributed by atoms with E-state index in [9.17, 15) is 24.0 Å². The summed E-state index contributed by atoms with van der Waals surface area (Å²) in [4.78, 5) is 69.2. The first kappa shape index (κ1) is 33.3. The Morgan fingerprint density at radius 2 is 1.74 bits per heavy atom. The van der Waals surface area contributed by atoms with E-state index in [1.54, 1.807) is 47.4 Å². The molecule has 13 nitrogen and oxygen atoms in total. The van der Waals surface area contributed by atoms with Crippen LogP contribution < -0.4 is 15.4 Å². The minimum atomic E-state index is -1.67. The van der Waals surface area contributed by atoms with Gasteiger partial charge in [0.15, 0.2) is 0 Å². The minimum Gasteiger partial charge on any atom is -0.497 e. The van der Waals surface area contributed by atoms with Crippen molar-refractivity contribution in [3.63, 3.8) is 0 Å². The molecule has 0 radical (unpaired) electrons. The smallest absolute Gasteiger partial charge is 0.410 e. The van der Waals surface area contributed by atoms with Crippen LogP contribution in [0.4, 0.5) is 9.59 Å². The Balaban J connectivity index is 1.33. The molecular formula is C34H39N5O8. The molecule has 3 heterocycles. The highest BCUT2D eigenvalue weighted by molar-refractivity contribution is 6.10. The van der Waals surface area contributed by atoms with Crippen molar-refractivity contribution in [3.05, 3.63) is 64.7 Å². The summed E-state index contributed by atoms with van der Waals surface area (Å²) >= 11 is 0. The van der Waals surface area contributed by atoms with Gasteiger partial charge in [-0.25, -0.2) is 14.4 Å². The number of imide groups is 1. The van der Waals surface area contributed by atoms with Crippen LogP contribution in [0.5, 0.6) is 5.75 Å². The summed E-state index contributed by atoms with van der Waals surface area (Å²) in [5.74, 6) is 5.03. The summed E-state index contributed by atoms with van der Waals surface area (Å²) in [6.07, 6.45) is 0.255. The van der Waals surface area contributed by atoms with Crippen LogP contribution in [0.2, 0.25) is 0 Å². The summed E-state index contributed by atoms with van der Waals surface area (Å²) in [5, 5.41) is 4.85. The average Bonchev–Trinajstić information content (AvgIpc) is 3.35. The number of urea groups is 1. The fraction of sp³-hybridized carbons (Fsp3) is 0.441. The van der Waals surface area contributed by atoms with Gasteiger partial charge in [-0.05, 0) is 62.6 Å². The number of methoxy groups -OCH3 is 2. The Morgan fingerprint density at radius 1 is 1.00 bits per heavy atom. The maximum Gasteiger partial charge on any atom is 0.410 e. The summed E-state index contributed by atoms with van der Waals surface area (Å²) < 4.78 is 15.9. The predicted octanol–water partition coefficient (Wildman–Crippen LogP) is 2.44. The first-order chi connectivity index (χ1) is 22.3. The lowest BCUT2D eigenvalue weighted by Crippen LogP contribution is -2.54. The molecule has 0 aliphatic carbocycles. The van der Waals surface area contributed by atoms with Gasteiger partial charge in [-0.3, -0.25) is 19.8 Å². The fourth-order valence-electron chi connectivity index (χ4n) is 5.85. The van der Waals surface area contributed by atoms with Gasteiger partial charge in [-0.2, -0.15) is 0 Å². The first-order valence-electron chi connectivity index (χ1n) is 15.4. The second kappa shape index (κ2) is 13.3. The largest absolute Gasteiger partial charge is 0.497 e. The van der Waals surface area contributed by atoms with Crippen LogP contribution in [-0.2, 0) is 25.6 Å². The summed E-state index contributed by atoms with van der Waals surface area (Å²) in [7, 11) is 2.85. The molecule has 2 fully saturated rings. The second-order valence-electron chi connectivity index (χ2n) is 12.7. The molecule has 2 aromatic rings. The van der Waals surface area contributed by atoms with Crippen LogP contribution in [-0.4, -0.2) is 103 Å². The van der Waals surface area contributed by atoms with Gasteiger partial charge in [0.2, 0.25) is 5.54 Å². The molecule has 0 aromatic heterocycles. The lowest BCUT2D eigenvalue weighted by atomic mass is 9.98. The number of fused-ring (bicyclic) bond motifs is 1. The van der Waals surface area contributed by atoms with Crippen molar-refractivity contribution in [2.45, 2.75) is 50.9 Å². The van der Waals surface area contributed by atoms with E-state index in [0.29, 0.717) is 55.0 Å². The highest BCUT2D eigenvalue weighted by atomic mass is 16.6. The number of nitrogens with zero attached hydrogens (tertiary/aromatic N) is 3. The van der Waals surface area contributed by atoms with Crippen molar-refractivity contribution in [1.29, 1.82) is 0 Å². The van der Waals surface area contributed by atoms with Crippen molar-refractivity contribution in [1.82, 2.24) is 25.3 Å². The first-order valence-corrected chi connectivity index (χ1v) is 15.4. The lowest BCUT2D eigenvalue weighted by Gasteiger charge is -2.29. The predicted molar refractivity (Wildman–Crippen MR) is 169 cm³/mol. The lowest BCUT2D eigenvalue weighted by molar-refractivity contribution is -0.147. The number of hydrogen-bond donors (Lipinski definition) is 2. The Bertz CT molecular complexity index is 1640. The van der Waals surface area contributed by atoms with E-state index in [1.165, 1.54) is 19.1 Å². The van der Waals surface area contributed by atoms with Crippen LogP contribution in [0.1, 0.15) is 60.3 Å². The van der Waals surface area contributed by atoms with Crippen molar-refractivity contribution in [2.75, 3.05) is 46.9 Å². The second-order valence-corrected chi connectivity index (χ2v) is 12.7. The molecule has 2 atom stereocenters. The van der Waals surface area contributed by atoms with Gasteiger partial charge in [-0.15, -0.1) is 0 Å². The van der Waals surface area contributed by atoms with E-state index in [0.717, 1.165) is 5.56 Å². The molecule has 0 saturated carbocycles. The third-order valence-corrected chi connectivity index (χ3v) is 8.18. The number of ether oxygens (including phenoxy) is 3. The quantitative estimate of drug-likeness (QED) is 0.275. The van der Waals surface area contributed by atoms with E-state index in [4.69, 9.17) is 14.2 Å². The molecule has 47 heavy (non-hydrogen) atoms. The Morgan fingerprint density at radius 3 is 2.38 bits per heavy atom. The van der Waals surface area contributed by atoms with E-state index in [2.05, 4.69) is 22.5 Å². The van der Waals surface area contributed by atoms with E-state index in [-0.39, 0.29) is 25.1 Å². The number of esters is 1. The number of benzene rings is 2. The van der Waals surface area contributed by atoms with E-state index >= 15 is 0 Å². The monoisotopic (exact) mass is 645 g/mol. The summed E-state index contributed by atoms with van der Waals surface area (Å²) in [6.45, 7) is 7.43. The van der Waals surface area contributed by atoms with Crippen LogP contribution in [0, 0.1) is 11.8 Å². The van der Waals surface area contributed by atoms with Crippen LogP contribution >= 0.6 is 0 Å². The van der Waals surface area contributed by atoms with Gasteiger partial charge < -0.3 is 29.3 Å². The van der Waals surface area contributed by atoms with Gasteiger partial charge in [0.05, 0.1) is 20.8 Å². The van der Waals surface area contributed by atoms with E-state index < -0.39 is 35.1 Å². The van der Waals surface area contributed by atoms with Crippen LogP contribution in [0.3, 0.4) is 0 Å².